The molecule has 1 aliphatic rings. The lowest BCUT2D eigenvalue weighted by Gasteiger charge is -2.17. The van der Waals surface area contributed by atoms with Gasteiger partial charge in [0.2, 0.25) is 0 Å². The number of nitrogens with zero attached hydrogens (tertiary/aromatic N) is 1. The van der Waals surface area contributed by atoms with Crippen LogP contribution in [0, 0.1) is 5.92 Å². The fraction of sp³-hybridized carbons (Fsp3) is 1.00. The van der Waals surface area contributed by atoms with E-state index in [9.17, 15) is 5.11 Å². The van der Waals surface area contributed by atoms with E-state index in [4.69, 9.17) is 0 Å². The maximum Gasteiger partial charge on any atom is 0.0860 e. The second-order valence-electron chi connectivity index (χ2n) is 3.28. The van der Waals surface area contributed by atoms with E-state index >= 15 is 0 Å². The summed E-state index contributed by atoms with van der Waals surface area (Å²) < 4.78 is 0. The van der Waals surface area contributed by atoms with Gasteiger partial charge in [0.25, 0.3) is 0 Å². The van der Waals surface area contributed by atoms with Crippen LogP contribution >= 0.6 is 0 Å². The van der Waals surface area contributed by atoms with Gasteiger partial charge >= 0.3 is 0 Å². The Labute approximate surface area is 62.8 Å². The minimum absolute atomic E-state index is 0.0799. The highest BCUT2D eigenvalue weighted by Crippen LogP contribution is 2.09. The van der Waals surface area contributed by atoms with Crippen LogP contribution in [0.25, 0.3) is 0 Å². The van der Waals surface area contributed by atoms with Gasteiger partial charge in [-0.2, -0.15) is 0 Å². The van der Waals surface area contributed by atoms with E-state index in [-0.39, 0.29) is 6.61 Å². The molecular formula is C8H16NO. The Bertz CT molecular complexity index is 89.3. The third-order valence-electron chi connectivity index (χ3n) is 2.05. The maximum absolute atomic E-state index is 10.4. The van der Waals surface area contributed by atoms with Crippen LogP contribution in [-0.4, -0.2) is 31.1 Å². The van der Waals surface area contributed by atoms with Gasteiger partial charge in [0.1, 0.15) is 0 Å². The summed E-state index contributed by atoms with van der Waals surface area (Å²) in [7, 11) is 0. The molecule has 2 nitrogen and oxygen atoms in total. The SMILES string of the molecule is CC(C[O])CN1CCCC1. The lowest BCUT2D eigenvalue weighted by atomic mass is 10.2. The van der Waals surface area contributed by atoms with Gasteiger partial charge in [-0.15, -0.1) is 0 Å². The summed E-state index contributed by atoms with van der Waals surface area (Å²) in [5, 5.41) is 10.4. The molecule has 0 spiro atoms. The first-order valence-corrected chi connectivity index (χ1v) is 4.13. The molecular weight excluding hydrogens is 126 g/mol. The molecule has 10 heavy (non-hydrogen) atoms. The molecule has 0 bridgehead atoms. The molecule has 1 fully saturated rings. The largest absolute Gasteiger partial charge is 0.303 e. The van der Waals surface area contributed by atoms with Gasteiger partial charge in [-0.05, 0) is 31.8 Å². The zero-order valence-electron chi connectivity index (χ0n) is 6.68. The molecule has 0 amide bonds. The monoisotopic (exact) mass is 142 g/mol. The van der Waals surface area contributed by atoms with Crippen molar-refractivity contribution in [3.05, 3.63) is 0 Å². The van der Waals surface area contributed by atoms with E-state index in [0.29, 0.717) is 5.92 Å². The number of rotatable bonds is 3. The summed E-state index contributed by atoms with van der Waals surface area (Å²) in [5.41, 5.74) is 0. The molecule has 1 rings (SSSR count). The standard InChI is InChI=1S/C8H16NO/c1-8(7-10)6-9-4-2-3-5-9/h8H,2-7H2,1H3. The molecule has 1 aliphatic heterocycles. The maximum atomic E-state index is 10.4. The van der Waals surface area contributed by atoms with Crippen molar-refractivity contribution in [2.45, 2.75) is 19.8 Å². The molecule has 59 valence electrons. The van der Waals surface area contributed by atoms with E-state index in [1.807, 2.05) is 6.92 Å². The molecule has 1 unspecified atom stereocenters. The minimum Gasteiger partial charge on any atom is -0.303 e. The van der Waals surface area contributed by atoms with Gasteiger partial charge in [-0.1, -0.05) is 6.92 Å². The molecule has 1 radical (unpaired) electrons. The second kappa shape index (κ2) is 3.94. The van der Waals surface area contributed by atoms with Crippen LogP contribution in [0.4, 0.5) is 0 Å². The molecule has 0 aromatic heterocycles. The van der Waals surface area contributed by atoms with Crippen molar-refractivity contribution in [2.24, 2.45) is 5.92 Å². The summed E-state index contributed by atoms with van der Waals surface area (Å²) in [6.07, 6.45) is 2.65. The third-order valence-corrected chi connectivity index (χ3v) is 2.05. The molecule has 2 heteroatoms. The van der Waals surface area contributed by atoms with Crippen molar-refractivity contribution in [2.75, 3.05) is 26.2 Å². The fourth-order valence-corrected chi connectivity index (χ4v) is 1.46. The Morgan fingerprint density at radius 2 is 2.00 bits per heavy atom. The van der Waals surface area contributed by atoms with E-state index in [2.05, 4.69) is 4.90 Å². The summed E-state index contributed by atoms with van der Waals surface area (Å²) in [6.45, 7) is 5.56. The third kappa shape index (κ3) is 2.27. The van der Waals surface area contributed by atoms with Gasteiger partial charge in [-0.25, -0.2) is 5.11 Å². The lowest BCUT2D eigenvalue weighted by Crippen LogP contribution is -2.26. The van der Waals surface area contributed by atoms with Crippen molar-refractivity contribution in [3.8, 4) is 0 Å². The van der Waals surface area contributed by atoms with Crippen molar-refractivity contribution >= 4 is 0 Å². The average molecular weight is 142 g/mol. The first-order chi connectivity index (χ1) is 4.83. The molecule has 0 aliphatic carbocycles. The number of likely N-dealkylation sites (tertiary alicyclic amines) is 1. The van der Waals surface area contributed by atoms with Gasteiger partial charge in [-0.3, -0.25) is 0 Å². The second-order valence-corrected chi connectivity index (χ2v) is 3.28. The van der Waals surface area contributed by atoms with Gasteiger partial charge in [0.05, 0.1) is 6.61 Å². The van der Waals surface area contributed by atoms with Crippen molar-refractivity contribution in [1.82, 2.24) is 4.90 Å². The van der Waals surface area contributed by atoms with Gasteiger partial charge in [0.15, 0.2) is 0 Å². The predicted molar refractivity (Wildman–Crippen MR) is 40.4 cm³/mol. The van der Waals surface area contributed by atoms with Gasteiger partial charge < -0.3 is 4.90 Å². The van der Waals surface area contributed by atoms with Crippen molar-refractivity contribution in [1.29, 1.82) is 0 Å². The van der Waals surface area contributed by atoms with Crippen LogP contribution in [-0.2, 0) is 5.11 Å². The Hall–Kier alpha value is -0.0800. The van der Waals surface area contributed by atoms with Crippen molar-refractivity contribution in [3.63, 3.8) is 0 Å². The van der Waals surface area contributed by atoms with Crippen LogP contribution in [0.15, 0.2) is 0 Å². The van der Waals surface area contributed by atoms with Crippen molar-refractivity contribution < 1.29 is 5.11 Å². The molecule has 0 N–H and O–H groups in total. The summed E-state index contributed by atoms with van der Waals surface area (Å²) in [5.74, 6) is 0.345. The van der Waals surface area contributed by atoms with Crippen LogP contribution in [0.2, 0.25) is 0 Å². The summed E-state index contributed by atoms with van der Waals surface area (Å²) >= 11 is 0. The van der Waals surface area contributed by atoms with Gasteiger partial charge in [0, 0.05) is 6.54 Å². The van der Waals surface area contributed by atoms with E-state index < -0.39 is 0 Å². The number of hydrogen-bond donors (Lipinski definition) is 0. The molecule has 1 heterocycles. The average Bonchev–Trinajstić information content (AvgIpc) is 2.40. The van der Waals surface area contributed by atoms with Crippen LogP contribution < -0.4 is 0 Å². The van der Waals surface area contributed by atoms with E-state index in [0.717, 1.165) is 6.54 Å². The summed E-state index contributed by atoms with van der Waals surface area (Å²) in [4.78, 5) is 2.39. The smallest absolute Gasteiger partial charge is 0.0860 e. The predicted octanol–water partition coefficient (Wildman–Crippen LogP) is 1.15. The normalized spacial score (nSPS) is 23.4. The highest BCUT2D eigenvalue weighted by molar-refractivity contribution is 4.67. The zero-order chi connectivity index (χ0) is 7.40. The lowest BCUT2D eigenvalue weighted by molar-refractivity contribution is 0.128. The first kappa shape index (κ1) is 8.02. The first-order valence-electron chi connectivity index (χ1n) is 4.13. The molecule has 0 aromatic carbocycles. The van der Waals surface area contributed by atoms with E-state index in [1.54, 1.807) is 0 Å². The molecule has 0 saturated carbocycles. The fourth-order valence-electron chi connectivity index (χ4n) is 1.46. The van der Waals surface area contributed by atoms with E-state index in [1.165, 1.54) is 25.9 Å². The quantitative estimate of drug-likeness (QED) is 0.579. The van der Waals surface area contributed by atoms with Crippen LogP contribution in [0.3, 0.4) is 0 Å². The zero-order valence-corrected chi connectivity index (χ0v) is 6.68. The Morgan fingerprint density at radius 3 is 2.50 bits per heavy atom. The highest BCUT2D eigenvalue weighted by atomic mass is 16.3. The molecule has 1 atom stereocenters. The topological polar surface area (TPSA) is 23.1 Å². The van der Waals surface area contributed by atoms with Crippen LogP contribution in [0.1, 0.15) is 19.8 Å². The summed E-state index contributed by atoms with van der Waals surface area (Å²) in [6, 6.07) is 0. The Kier molecular flexibility index (Phi) is 3.16. The minimum atomic E-state index is 0.0799. The molecule has 0 aromatic rings. The Morgan fingerprint density at radius 1 is 1.40 bits per heavy atom. The van der Waals surface area contributed by atoms with Crippen LogP contribution in [0.5, 0.6) is 0 Å². The number of hydrogen-bond acceptors (Lipinski definition) is 1. The highest BCUT2D eigenvalue weighted by Gasteiger charge is 2.13. The Balaban J connectivity index is 2.11. The molecule has 1 saturated heterocycles.